The fourth-order valence-electron chi connectivity index (χ4n) is 2.32. The van der Waals surface area contributed by atoms with Gasteiger partial charge in [-0.1, -0.05) is 42.5 Å². The first-order valence-electron chi connectivity index (χ1n) is 7.68. The second kappa shape index (κ2) is 10.8. The highest BCUT2D eigenvalue weighted by molar-refractivity contribution is 6.34. The Bertz CT molecular complexity index is 448. The van der Waals surface area contributed by atoms with Gasteiger partial charge in [-0.15, -0.1) is 0 Å². The highest BCUT2D eigenvalue weighted by atomic mass is 35.5. The summed E-state index contributed by atoms with van der Waals surface area (Å²) < 4.78 is 0. The van der Waals surface area contributed by atoms with Crippen LogP contribution in [0.15, 0.2) is 18.2 Å². The Morgan fingerprint density at radius 3 is 2.32 bits per heavy atom. The highest BCUT2D eigenvalue weighted by Crippen LogP contribution is 2.18. The molecule has 0 aliphatic rings. The van der Waals surface area contributed by atoms with Crippen LogP contribution in [0.3, 0.4) is 0 Å². The van der Waals surface area contributed by atoms with Gasteiger partial charge in [-0.25, -0.2) is 0 Å². The van der Waals surface area contributed by atoms with Crippen LogP contribution >= 0.6 is 23.2 Å². The van der Waals surface area contributed by atoms with Gasteiger partial charge < -0.3 is 16.8 Å². The molecule has 1 rings (SSSR count). The Kier molecular flexibility index (Phi) is 9.48. The number of hydrogen-bond donors (Lipinski definition) is 3. The van der Waals surface area contributed by atoms with E-state index in [-0.39, 0.29) is 11.8 Å². The van der Waals surface area contributed by atoms with Crippen LogP contribution in [-0.4, -0.2) is 19.0 Å². The van der Waals surface area contributed by atoms with Crippen LogP contribution in [-0.2, 0) is 11.3 Å². The Hall–Kier alpha value is -0.810. The SMILES string of the molecule is NCC(CCCCCCNCc1cc(Cl)cc(Cl)c1)C(N)=O. The van der Waals surface area contributed by atoms with Crippen LogP contribution in [0.4, 0.5) is 0 Å². The summed E-state index contributed by atoms with van der Waals surface area (Å²) in [6.07, 6.45) is 5.10. The summed E-state index contributed by atoms with van der Waals surface area (Å²) in [6, 6.07) is 5.56. The molecule has 1 amide bonds. The largest absolute Gasteiger partial charge is 0.369 e. The Morgan fingerprint density at radius 1 is 1.09 bits per heavy atom. The molecule has 1 unspecified atom stereocenters. The smallest absolute Gasteiger partial charge is 0.221 e. The first-order chi connectivity index (χ1) is 10.5. The quantitative estimate of drug-likeness (QED) is 0.539. The minimum Gasteiger partial charge on any atom is -0.369 e. The van der Waals surface area contributed by atoms with Crippen molar-refractivity contribution in [2.45, 2.75) is 38.6 Å². The molecule has 4 nitrogen and oxygen atoms in total. The molecule has 0 saturated heterocycles. The lowest BCUT2D eigenvalue weighted by Gasteiger charge is -2.10. The predicted octanol–water partition coefficient (Wildman–Crippen LogP) is 3.09. The van der Waals surface area contributed by atoms with Gasteiger partial charge in [0.2, 0.25) is 5.91 Å². The van der Waals surface area contributed by atoms with Gasteiger partial charge in [-0.3, -0.25) is 4.79 Å². The lowest BCUT2D eigenvalue weighted by atomic mass is 10.0. The van der Waals surface area contributed by atoms with Crippen molar-refractivity contribution in [3.8, 4) is 0 Å². The fourth-order valence-corrected chi connectivity index (χ4v) is 2.89. The van der Waals surface area contributed by atoms with Crippen molar-refractivity contribution >= 4 is 29.1 Å². The van der Waals surface area contributed by atoms with Gasteiger partial charge in [0.15, 0.2) is 0 Å². The first-order valence-corrected chi connectivity index (χ1v) is 8.43. The number of rotatable bonds is 11. The van der Waals surface area contributed by atoms with Gasteiger partial charge in [0.05, 0.1) is 0 Å². The van der Waals surface area contributed by atoms with Crippen molar-refractivity contribution in [3.05, 3.63) is 33.8 Å². The molecule has 0 aromatic heterocycles. The normalized spacial score (nSPS) is 12.3. The van der Waals surface area contributed by atoms with E-state index in [1.165, 1.54) is 0 Å². The molecular weight excluding hydrogens is 321 g/mol. The van der Waals surface area contributed by atoms with E-state index in [4.69, 9.17) is 34.7 Å². The van der Waals surface area contributed by atoms with Crippen LogP contribution in [0.1, 0.15) is 37.7 Å². The van der Waals surface area contributed by atoms with Crippen LogP contribution in [0.2, 0.25) is 10.0 Å². The minimum absolute atomic E-state index is 0.175. The van der Waals surface area contributed by atoms with E-state index >= 15 is 0 Å². The lowest BCUT2D eigenvalue weighted by Crippen LogP contribution is -2.29. The second-order valence-electron chi connectivity index (χ2n) is 5.49. The number of primary amides is 1. The van der Waals surface area contributed by atoms with Crippen LogP contribution in [0.25, 0.3) is 0 Å². The molecule has 0 bridgehead atoms. The lowest BCUT2D eigenvalue weighted by molar-refractivity contribution is -0.121. The second-order valence-corrected chi connectivity index (χ2v) is 6.37. The summed E-state index contributed by atoms with van der Waals surface area (Å²) in [5.74, 6) is -0.463. The third kappa shape index (κ3) is 7.99. The fraction of sp³-hybridized carbons (Fsp3) is 0.562. The molecule has 0 saturated carbocycles. The zero-order valence-corrected chi connectivity index (χ0v) is 14.3. The van der Waals surface area contributed by atoms with Crippen molar-refractivity contribution < 1.29 is 4.79 Å². The van der Waals surface area contributed by atoms with Gasteiger partial charge in [-0.05, 0) is 43.1 Å². The number of hydrogen-bond acceptors (Lipinski definition) is 3. The molecule has 0 spiro atoms. The number of carbonyl (C=O) groups is 1. The van der Waals surface area contributed by atoms with Crippen molar-refractivity contribution in [3.63, 3.8) is 0 Å². The van der Waals surface area contributed by atoms with E-state index in [1.54, 1.807) is 6.07 Å². The molecule has 0 heterocycles. The van der Waals surface area contributed by atoms with Gasteiger partial charge in [0.1, 0.15) is 0 Å². The first kappa shape index (κ1) is 19.2. The topological polar surface area (TPSA) is 81.1 Å². The molecule has 1 aromatic carbocycles. The summed E-state index contributed by atoms with van der Waals surface area (Å²) in [6.45, 7) is 2.05. The number of nitrogens with one attached hydrogen (secondary N) is 1. The summed E-state index contributed by atoms with van der Waals surface area (Å²) in [5.41, 5.74) is 11.8. The van der Waals surface area contributed by atoms with E-state index in [0.717, 1.165) is 50.8 Å². The summed E-state index contributed by atoms with van der Waals surface area (Å²) in [5, 5.41) is 4.69. The van der Waals surface area contributed by atoms with Crippen molar-refractivity contribution in [1.29, 1.82) is 0 Å². The van der Waals surface area contributed by atoms with Crippen LogP contribution in [0.5, 0.6) is 0 Å². The molecule has 6 heteroatoms. The van der Waals surface area contributed by atoms with Crippen molar-refractivity contribution in [2.75, 3.05) is 13.1 Å². The predicted molar refractivity (Wildman–Crippen MR) is 93.0 cm³/mol. The zero-order chi connectivity index (χ0) is 16.4. The third-order valence-corrected chi connectivity index (χ3v) is 4.03. The molecule has 22 heavy (non-hydrogen) atoms. The molecule has 0 radical (unpaired) electrons. The zero-order valence-electron chi connectivity index (χ0n) is 12.8. The van der Waals surface area contributed by atoms with Gasteiger partial charge in [-0.2, -0.15) is 0 Å². The standard InChI is InChI=1S/C16H25Cl2N3O/c17-14-7-12(8-15(18)9-14)11-21-6-4-2-1-3-5-13(10-19)16(20)22/h7-9,13,21H,1-6,10-11,19H2,(H2,20,22). The number of nitrogens with two attached hydrogens (primary N) is 2. The van der Waals surface area contributed by atoms with Gasteiger partial charge >= 0.3 is 0 Å². The molecule has 1 aromatic rings. The highest BCUT2D eigenvalue weighted by Gasteiger charge is 2.11. The van der Waals surface area contributed by atoms with E-state index < -0.39 is 0 Å². The average Bonchev–Trinajstić information content (AvgIpc) is 2.44. The molecular formula is C16H25Cl2N3O. The van der Waals surface area contributed by atoms with E-state index in [0.29, 0.717) is 16.6 Å². The summed E-state index contributed by atoms with van der Waals surface area (Å²) in [7, 11) is 0. The van der Waals surface area contributed by atoms with Gasteiger partial charge in [0.25, 0.3) is 0 Å². The maximum absolute atomic E-state index is 11.0. The number of benzene rings is 1. The maximum atomic E-state index is 11.0. The number of halogens is 2. The Labute approximate surface area is 142 Å². The van der Waals surface area contributed by atoms with Crippen LogP contribution in [0, 0.1) is 5.92 Å². The summed E-state index contributed by atoms with van der Waals surface area (Å²) in [4.78, 5) is 11.0. The molecule has 5 N–H and O–H groups in total. The average molecular weight is 346 g/mol. The van der Waals surface area contributed by atoms with Crippen LogP contribution < -0.4 is 16.8 Å². The molecule has 124 valence electrons. The molecule has 0 fully saturated rings. The molecule has 1 atom stereocenters. The monoisotopic (exact) mass is 345 g/mol. The van der Waals surface area contributed by atoms with E-state index in [9.17, 15) is 4.79 Å². The Morgan fingerprint density at radius 2 is 1.73 bits per heavy atom. The molecule has 0 aliphatic heterocycles. The van der Waals surface area contributed by atoms with Crippen molar-refractivity contribution in [1.82, 2.24) is 5.32 Å². The number of unbranched alkanes of at least 4 members (excludes halogenated alkanes) is 3. The van der Waals surface area contributed by atoms with E-state index in [2.05, 4.69) is 5.32 Å². The minimum atomic E-state index is -0.288. The number of amides is 1. The maximum Gasteiger partial charge on any atom is 0.221 e. The van der Waals surface area contributed by atoms with Crippen molar-refractivity contribution in [2.24, 2.45) is 17.4 Å². The van der Waals surface area contributed by atoms with Gasteiger partial charge in [0, 0.05) is 29.1 Å². The Balaban J connectivity index is 2.05. The summed E-state index contributed by atoms with van der Waals surface area (Å²) >= 11 is 11.9. The number of carbonyl (C=O) groups excluding carboxylic acids is 1. The third-order valence-electron chi connectivity index (χ3n) is 3.59. The van der Waals surface area contributed by atoms with E-state index in [1.807, 2.05) is 12.1 Å². The molecule has 0 aliphatic carbocycles.